The Morgan fingerprint density at radius 3 is 2.27 bits per heavy atom. The lowest BCUT2D eigenvalue weighted by molar-refractivity contribution is -0.153. The lowest BCUT2D eigenvalue weighted by atomic mass is 9.90. The Bertz CT molecular complexity index is 898. The van der Waals surface area contributed by atoms with E-state index in [-0.39, 0.29) is 24.2 Å². The van der Waals surface area contributed by atoms with Crippen molar-refractivity contribution in [3.05, 3.63) is 65.7 Å². The van der Waals surface area contributed by atoms with Gasteiger partial charge in [0.2, 0.25) is 5.91 Å². The first kappa shape index (κ1) is 24.8. The van der Waals surface area contributed by atoms with Crippen LogP contribution in [0.3, 0.4) is 0 Å². The highest BCUT2D eigenvalue weighted by Gasteiger charge is 2.29. The first-order valence-electron chi connectivity index (χ1n) is 11.8. The van der Waals surface area contributed by atoms with Gasteiger partial charge in [0.15, 0.2) is 0 Å². The molecule has 1 heterocycles. The molecule has 0 saturated carbocycles. The van der Waals surface area contributed by atoms with Crippen LogP contribution in [0.25, 0.3) is 0 Å². The minimum Gasteiger partial charge on any atom is -0.508 e. The largest absolute Gasteiger partial charge is 0.508 e. The lowest BCUT2D eigenvalue weighted by Crippen LogP contribution is -2.51. The second-order valence-electron chi connectivity index (χ2n) is 9.85. The summed E-state index contributed by atoms with van der Waals surface area (Å²) in [6, 6.07) is 16.8. The van der Waals surface area contributed by atoms with Crippen LogP contribution in [0.1, 0.15) is 44.7 Å². The Labute approximate surface area is 196 Å². The van der Waals surface area contributed by atoms with Crippen LogP contribution in [-0.4, -0.2) is 53.2 Å². The highest BCUT2D eigenvalue weighted by Crippen LogP contribution is 2.23. The number of benzene rings is 2. The van der Waals surface area contributed by atoms with Gasteiger partial charge in [0.1, 0.15) is 11.4 Å². The first-order chi connectivity index (χ1) is 15.7. The third kappa shape index (κ3) is 8.21. The van der Waals surface area contributed by atoms with Gasteiger partial charge in [-0.15, -0.1) is 0 Å². The quantitative estimate of drug-likeness (QED) is 0.597. The minimum absolute atomic E-state index is 0.00444. The number of nitrogens with zero attached hydrogens (tertiary/aromatic N) is 1. The first-order valence-corrected chi connectivity index (χ1v) is 11.8. The molecule has 0 radical (unpaired) electrons. The topological polar surface area (TPSA) is 78.9 Å². The van der Waals surface area contributed by atoms with Crippen molar-refractivity contribution in [1.29, 1.82) is 0 Å². The molecule has 1 aliphatic heterocycles. The molecule has 1 aliphatic rings. The minimum atomic E-state index is -0.574. The van der Waals surface area contributed by atoms with E-state index in [9.17, 15) is 14.7 Å². The number of hydrogen-bond donors (Lipinski definition) is 2. The number of likely N-dealkylation sites (tertiary alicyclic amines) is 1. The normalized spacial score (nSPS) is 15.8. The van der Waals surface area contributed by atoms with E-state index >= 15 is 0 Å². The van der Waals surface area contributed by atoms with Crippen LogP contribution in [0.2, 0.25) is 0 Å². The van der Waals surface area contributed by atoms with Crippen molar-refractivity contribution in [2.75, 3.05) is 19.6 Å². The number of esters is 1. The van der Waals surface area contributed by atoms with Gasteiger partial charge < -0.3 is 14.7 Å². The molecule has 6 nitrogen and oxygen atoms in total. The average Bonchev–Trinajstić information content (AvgIpc) is 2.77. The molecule has 0 bridgehead atoms. The molecule has 0 spiro atoms. The molecule has 33 heavy (non-hydrogen) atoms. The van der Waals surface area contributed by atoms with E-state index in [0.29, 0.717) is 12.3 Å². The zero-order valence-electron chi connectivity index (χ0n) is 19.9. The Hall–Kier alpha value is -2.86. The van der Waals surface area contributed by atoms with E-state index in [0.717, 1.165) is 37.9 Å². The molecule has 0 aliphatic carbocycles. The van der Waals surface area contributed by atoms with Crippen LogP contribution in [0.5, 0.6) is 5.75 Å². The summed E-state index contributed by atoms with van der Waals surface area (Å²) in [6.07, 6.45) is 3.42. The molecule has 0 aromatic heterocycles. The average molecular weight is 453 g/mol. The number of piperidine rings is 1. The van der Waals surface area contributed by atoms with Crippen molar-refractivity contribution in [1.82, 2.24) is 10.2 Å². The summed E-state index contributed by atoms with van der Waals surface area (Å²) in [4.78, 5) is 27.5. The molecular weight excluding hydrogens is 416 g/mol. The monoisotopic (exact) mass is 452 g/mol. The number of hydrogen-bond acceptors (Lipinski definition) is 5. The molecule has 2 aromatic rings. The van der Waals surface area contributed by atoms with Gasteiger partial charge in [-0.3, -0.25) is 14.9 Å². The van der Waals surface area contributed by atoms with Crippen LogP contribution in [0.15, 0.2) is 54.6 Å². The van der Waals surface area contributed by atoms with Crippen LogP contribution in [0, 0.1) is 5.92 Å². The van der Waals surface area contributed by atoms with Crippen molar-refractivity contribution in [3.8, 4) is 5.75 Å². The number of amides is 1. The van der Waals surface area contributed by atoms with Gasteiger partial charge in [0, 0.05) is 13.1 Å². The van der Waals surface area contributed by atoms with Crippen molar-refractivity contribution < 1.29 is 19.4 Å². The van der Waals surface area contributed by atoms with E-state index in [1.807, 2.05) is 31.7 Å². The summed E-state index contributed by atoms with van der Waals surface area (Å²) >= 11 is 0. The van der Waals surface area contributed by atoms with Crippen LogP contribution < -0.4 is 5.32 Å². The van der Waals surface area contributed by atoms with E-state index in [4.69, 9.17) is 4.74 Å². The summed E-state index contributed by atoms with van der Waals surface area (Å²) in [6.45, 7) is 6.88. The van der Waals surface area contributed by atoms with E-state index in [2.05, 4.69) is 29.6 Å². The number of phenols is 1. The predicted molar refractivity (Wildman–Crippen MR) is 129 cm³/mol. The summed E-state index contributed by atoms with van der Waals surface area (Å²) in [5.74, 6) is 0.378. The molecule has 1 unspecified atom stereocenters. The number of nitrogens with one attached hydrogen (secondary N) is 1. The molecule has 1 fully saturated rings. The molecule has 1 saturated heterocycles. The molecule has 1 amide bonds. The van der Waals surface area contributed by atoms with E-state index in [1.165, 1.54) is 5.56 Å². The maximum atomic E-state index is 13.4. The Balaban J connectivity index is 1.60. The van der Waals surface area contributed by atoms with Crippen molar-refractivity contribution in [2.45, 2.75) is 58.1 Å². The van der Waals surface area contributed by atoms with Gasteiger partial charge in [-0.25, -0.2) is 0 Å². The van der Waals surface area contributed by atoms with Crippen molar-refractivity contribution in [3.63, 3.8) is 0 Å². The summed E-state index contributed by atoms with van der Waals surface area (Å²) in [5, 5.41) is 12.7. The SMILES string of the molecule is CC(C)(C)OC(=O)CNC(Cc1ccc(O)cc1)C(=O)N1CCC(Cc2ccccc2)CC1. The van der Waals surface area contributed by atoms with E-state index in [1.54, 1.807) is 24.3 Å². The Morgan fingerprint density at radius 2 is 1.67 bits per heavy atom. The number of aromatic hydroxyl groups is 1. The standard InChI is InChI=1S/C27H36N2O4/c1-27(2,3)33-25(31)19-28-24(18-21-9-11-23(30)12-10-21)26(32)29-15-13-22(14-16-29)17-20-7-5-4-6-8-20/h4-12,22,24,28,30H,13-19H2,1-3H3. The van der Waals surface area contributed by atoms with Gasteiger partial charge >= 0.3 is 5.97 Å². The zero-order valence-corrected chi connectivity index (χ0v) is 19.9. The third-order valence-electron chi connectivity index (χ3n) is 5.88. The summed E-state index contributed by atoms with van der Waals surface area (Å²) in [5.41, 5.74) is 1.68. The fourth-order valence-electron chi connectivity index (χ4n) is 4.22. The van der Waals surface area contributed by atoms with Crippen LogP contribution in [0.4, 0.5) is 0 Å². The summed E-state index contributed by atoms with van der Waals surface area (Å²) < 4.78 is 5.39. The highest BCUT2D eigenvalue weighted by atomic mass is 16.6. The summed E-state index contributed by atoms with van der Waals surface area (Å²) in [7, 11) is 0. The maximum Gasteiger partial charge on any atom is 0.320 e. The fourth-order valence-corrected chi connectivity index (χ4v) is 4.22. The number of phenolic OH excluding ortho intramolecular Hbond substituents is 1. The Kier molecular flexibility index (Phi) is 8.50. The molecule has 2 aromatic carbocycles. The number of carbonyl (C=O) groups excluding carboxylic acids is 2. The third-order valence-corrected chi connectivity index (χ3v) is 5.88. The van der Waals surface area contributed by atoms with Crippen molar-refractivity contribution in [2.24, 2.45) is 5.92 Å². The predicted octanol–water partition coefficient (Wildman–Crippen LogP) is 3.72. The molecule has 1 atom stereocenters. The van der Waals surface area contributed by atoms with Gasteiger partial charge in [0.05, 0.1) is 12.6 Å². The van der Waals surface area contributed by atoms with Gasteiger partial charge in [-0.05, 0) is 75.6 Å². The molecule has 3 rings (SSSR count). The van der Waals surface area contributed by atoms with E-state index < -0.39 is 11.6 Å². The Morgan fingerprint density at radius 1 is 1.03 bits per heavy atom. The zero-order chi connectivity index (χ0) is 23.8. The maximum absolute atomic E-state index is 13.4. The van der Waals surface area contributed by atoms with Crippen LogP contribution in [-0.2, 0) is 27.2 Å². The fraction of sp³-hybridized carbons (Fsp3) is 0.481. The molecule has 2 N–H and O–H groups in total. The highest BCUT2D eigenvalue weighted by molar-refractivity contribution is 5.83. The second kappa shape index (κ2) is 11.3. The number of rotatable bonds is 8. The van der Waals surface area contributed by atoms with Gasteiger partial charge in [-0.2, -0.15) is 0 Å². The lowest BCUT2D eigenvalue weighted by Gasteiger charge is -2.34. The smallest absolute Gasteiger partial charge is 0.320 e. The van der Waals surface area contributed by atoms with Crippen molar-refractivity contribution >= 4 is 11.9 Å². The van der Waals surface area contributed by atoms with Gasteiger partial charge in [0.25, 0.3) is 0 Å². The number of ether oxygens (including phenoxy) is 1. The second-order valence-corrected chi connectivity index (χ2v) is 9.85. The molecular formula is C27H36N2O4. The number of carbonyl (C=O) groups is 2. The molecule has 178 valence electrons. The molecule has 6 heteroatoms. The van der Waals surface area contributed by atoms with Gasteiger partial charge in [-0.1, -0.05) is 42.5 Å². The van der Waals surface area contributed by atoms with Crippen LogP contribution >= 0.6 is 0 Å².